The van der Waals surface area contributed by atoms with Crippen LogP contribution in [0.1, 0.15) is 31.4 Å². The van der Waals surface area contributed by atoms with Crippen LogP contribution < -0.4 is 14.4 Å². The molecule has 0 aliphatic carbocycles. The number of carbonyl (C=O) groups is 1. The third kappa shape index (κ3) is 2.84. The van der Waals surface area contributed by atoms with E-state index in [4.69, 9.17) is 9.47 Å². The van der Waals surface area contributed by atoms with E-state index in [1.54, 1.807) is 14.2 Å². The number of β-lactam (4-membered cyclic amide) rings is 1. The molecule has 1 saturated heterocycles. The summed E-state index contributed by atoms with van der Waals surface area (Å²) in [5.74, 6) is 1.86. The van der Waals surface area contributed by atoms with Gasteiger partial charge in [-0.2, -0.15) is 0 Å². The van der Waals surface area contributed by atoms with Crippen LogP contribution >= 0.6 is 0 Å². The van der Waals surface area contributed by atoms with E-state index in [1.807, 2.05) is 41.3 Å². The van der Waals surface area contributed by atoms with E-state index in [0.717, 1.165) is 35.6 Å². The maximum Gasteiger partial charge on any atom is 0.233 e. The molecule has 1 fully saturated rings. The molecule has 1 amide bonds. The van der Waals surface area contributed by atoms with Crippen molar-refractivity contribution in [2.45, 2.75) is 25.8 Å². The molecule has 0 unspecified atom stereocenters. The van der Waals surface area contributed by atoms with Gasteiger partial charge in [0.05, 0.1) is 26.2 Å². The van der Waals surface area contributed by atoms with E-state index in [2.05, 4.69) is 19.1 Å². The van der Waals surface area contributed by atoms with Gasteiger partial charge >= 0.3 is 0 Å². The highest BCUT2D eigenvalue weighted by atomic mass is 16.5. The van der Waals surface area contributed by atoms with Crippen molar-refractivity contribution >= 4 is 11.6 Å². The topological polar surface area (TPSA) is 38.8 Å². The van der Waals surface area contributed by atoms with Crippen molar-refractivity contribution in [1.29, 1.82) is 0 Å². The second kappa shape index (κ2) is 6.95. The predicted molar refractivity (Wildman–Crippen MR) is 94.6 cm³/mol. The van der Waals surface area contributed by atoms with Crippen LogP contribution in [0.4, 0.5) is 5.69 Å². The SMILES string of the molecule is CCC[C@@H]1C(=O)N(c2ccc(OC)cc2)[C@H]1c1ccc(OC)cc1. The lowest BCUT2D eigenvalue weighted by Gasteiger charge is -2.47. The molecular formula is C20H23NO3. The molecule has 4 heteroatoms. The Hall–Kier alpha value is -2.49. The van der Waals surface area contributed by atoms with E-state index in [-0.39, 0.29) is 17.9 Å². The van der Waals surface area contributed by atoms with Gasteiger partial charge in [-0.25, -0.2) is 0 Å². The van der Waals surface area contributed by atoms with Gasteiger partial charge in [-0.05, 0) is 48.4 Å². The summed E-state index contributed by atoms with van der Waals surface area (Å²) in [6.45, 7) is 2.12. The predicted octanol–water partition coefficient (Wildman–Crippen LogP) is 4.21. The fraction of sp³-hybridized carbons (Fsp3) is 0.350. The first-order valence-electron chi connectivity index (χ1n) is 8.30. The van der Waals surface area contributed by atoms with Crippen LogP contribution in [0.15, 0.2) is 48.5 Å². The van der Waals surface area contributed by atoms with Gasteiger partial charge in [-0.3, -0.25) is 4.79 Å². The number of methoxy groups -OCH3 is 2. The van der Waals surface area contributed by atoms with Crippen molar-refractivity contribution in [3.8, 4) is 11.5 Å². The molecule has 0 spiro atoms. The molecule has 0 aromatic heterocycles. The van der Waals surface area contributed by atoms with E-state index < -0.39 is 0 Å². The third-order valence-corrected chi connectivity index (χ3v) is 4.62. The summed E-state index contributed by atoms with van der Waals surface area (Å²) >= 11 is 0. The zero-order valence-corrected chi connectivity index (χ0v) is 14.4. The molecule has 24 heavy (non-hydrogen) atoms. The van der Waals surface area contributed by atoms with Crippen LogP contribution in [0.3, 0.4) is 0 Å². The lowest BCUT2D eigenvalue weighted by Crippen LogP contribution is -2.55. The van der Waals surface area contributed by atoms with E-state index in [1.165, 1.54) is 0 Å². The van der Waals surface area contributed by atoms with Crippen LogP contribution in [0.5, 0.6) is 11.5 Å². The van der Waals surface area contributed by atoms with E-state index in [9.17, 15) is 4.79 Å². The maximum atomic E-state index is 12.7. The Kier molecular flexibility index (Phi) is 4.74. The summed E-state index contributed by atoms with van der Waals surface area (Å²) in [5.41, 5.74) is 2.05. The number of hydrogen-bond donors (Lipinski definition) is 0. The smallest absolute Gasteiger partial charge is 0.233 e. The molecular weight excluding hydrogens is 302 g/mol. The summed E-state index contributed by atoms with van der Waals surface area (Å²) in [4.78, 5) is 14.6. The zero-order chi connectivity index (χ0) is 17.1. The molecule has 0 bridgehead atoms. The van der Waals surface area contributed by atoms with Gasteiger partial charge in [0, 0.05) is 5.69 Å². The van der Waals surface area contributed by atoms with Gasteiger partial charge in [-0.1, -0.05) is 25.5 Å². The van der Waals surface area contributed by atoms with Gasteiger partial charge in [0.25, 0.3) is 0 Å². The summed E-state index contributed by atoms with van der Waals surface area (Å²) in [6.07, 6.45) is 1.90. The average Bonchev–Trinajstić information content (AvgIpc) is 2.64. The van der Waals surface area contributed by atoms with Crippen molar-refractivity contribution < 1.29 is 14.3 Å². The number of nitrogens with zero attached hydrogens (tertiary/aromatic N) is 1. The Morgan fingerprint density at radius 1 is 0.917 bits per heavy atom. The minimum atomic E-state index is 0.0468. The molecule has 1 heterocycles. The Morgan fingerprint density at radius 2 is 1.46 bits per heavy atom. The van der Waals surface area contributed by atoms with Crippen molar-refractivity contribution in [2.24, 2.45) is 5.92 Å². The number of amides is 1. The van der Waals surface area contributed by atoms with E-state index in [0.29, 0.717) is 0 Å². The van der Waals surface area contributed by atoms with Crippen molar-refractivity contribution in [2.75, 3.05) is 19.1 Å². The maximum absolute atomic E-state index is 12.7. The highest BCUT2D eigenvalue weighted by molar-refractivity contribution is 6.03. The molecule has 0 N–H and O–H groups in total. The summed E-state index contributed by atoms with van der Waals surface area (Å²) in [7, 11) is 3.30. The summed E-state index contributed by atoms with van der Waals surface area (Å²) in [5, 5.41) is 0. The van der Waals surface area contributed by atoms with Crippen molar-refractivity contribution in [3.05, 3.63) is 54.1 Å². The largest absolute Gasteiger partial charge is 0.497 e. The first-order chi connectivity index (χ1) is 11.7. The summed E-state index contributed by atoms with van der Waals surface area (Å²) in [6, 6.07) is 15.7. The van der Waals surface area contributed by atoms with Crippen LogP contribution in [0.2, 0.25) is 0 Å². The van der Waals surface area contributed by atoms with Crippen LogP contribution in [0.25, 0.3) is 0 Å². The lowest BCUT2D eigenvalue weighted by atomic mass is 9.79. The Morgan fingerprint density at radius 3 is 1.96 bits per heavy atom. The molecule has 126 valence electrons. The van der Waals surface area contributed by atoms with Crippen LogP contribution in [0, 0.1) is 5.92 Å². The number of anilines is 1. The van der Waals surface area contributed by atoms with Gasteiger partial charge in [0.1, 0.15) is 11.5 Å². The fourth-order valence-electron chi connectivity index (χ4n) is 3.35. The quantitative estimate of drug-likeness (QED) is 0.747. The first-order valence-corrected chi connectivity index (χ1v) is 8.30. The standard InChI is InChI=1S/C20H23NO3/c1-4-5-18-19(14-6-10-16(23-2)11-7-14)21(20(18)22)15-8-12-17(24-3)13-9-15/h6-13,18-19H,4-5H2,1-3H3/t18-,19-/m0/s1. The zero-order valence-electron chi connectivity index (χ0n) is 14.4. The first kappa shape index (κ1) is 16.4. The highest BCUT2D eigenvalue weighted by Crippen LogP contribution is 2.45. The van der Waals surface area contributed by atoms with Crippen molar-refractivity contribution in [1.82, 2.24) is 0 Å². The number of rotatable bonds is 6. The summed E-state index contributed by atoms with van der Waals surface area (Å²) < 4.78 is 10.4. The minimum absolute atomic E-state index is 0.0468. The number of carbonyl (C=O) groups excluding carboxylic acids is 1. The van der Waals surface area contributed by atoms with E-state index >= 15 is 0 Å². The number of benzene rings is 2. The highest BCUT2D eigenvalue weighted by Gasteiger charge is 2.47. The Bertz CT molecular complexity index is 694. The van der Waals surface area contributed by atoms with Crippen LogP contribution in [-0.4, -0.2) is 20.1 Å². The van der Waals surface area contributed by atoms with Gasteiger partial charge in [0.2, 0.25) is 5.91 Å². The fourth-order valence-corrected chi connectivity index (χ4v) is 3.35. The molecule has 1 aliphatic heterocycles. The minimum Gasteiger partial charge on any atom is -0.497 e. The number of ether oxygens (including phenoxy) is 2. The van der Waals surface area contributed by atoms with Crippen LogP contribution in [-0.2, 0) is 4.79 Å². The second-order valence-electron chi connectivity index (χ2n) is 6.02. The monoisotopic (exact) mass is 325 g/mol. The average molecular weight is 325 g/mol. The molecule has 4 nitrogen and oxygen atoms in total. The Balaban J connectivity index is 1.91. The molecule has 3 rings (SSSR count). The van der Waals surface area contributed by atoms with Gasteiger partial charge in [0.15, 0.2) is 0 Å². The molecule has 0 radical (unpaired) electrons. The Labute approximate surface area is 143 Å². The molecule has 2 aromatic carbocycles. The lowest BCUT2D eigenvalue weighted by molar-refractivity contribution is -0.130. The molecule has 2 aromatic rings. The van der Waals surface area contributed by atoms with Gasteiger partial charge in [-0.15, -0.1) is 0 Å². The van der Waals surface area contributed by atoms with Crippen molar-refractivity contribution in [3.63, 3.8) is 0 Å². The third-order valence-electron chi connectivity index (χ3n) is 4.62. The normalized spacial score (nSPS) is 19.8. The molecule has 1 aliphatic rings. The molecule has 0 saturated carbocycles. The van der Waals surface area contributed by atoms with Gasteiger partial charge < -0.3 is 14.4 Å². The second-order valence-corrected chi connectivity index (χ2v) is 6.02. The molecule has 2 atom stereocenters. The number of hydrogen-bond acceptors (Lipinski definition) is 3.